The molecule has 2 nitrogen and oxygen atoms in total. The Bertz CT molecular complexity index is 488. The van der Waals surface area contributed by atoms with Gasteiger partial charge in [-0.3, -0.25) is 0 Å². The SMILES string of the molecule is COc1ccc(OC)c2c1[C@@H]1C=C(C)[C@@H]2CC1. The summed E-state index contributed by atoms with van der Waals surface area (Å²) in [5.74, 6) is 3.07. The van der Waals surface area contributed by atoms with Gasteiger partial charge in [0, 0.05) is 23.0 Å². The van der Waals surface area contributed by atoms with E-state index in [-0.39, 0.29) is 0 Å². The first-order valence-electron chi connectivity index (χ1n) is 6.19. The second kappa shape index (κ2) is 3.80. The molecule has 0 heterocycles. The number of fused-ring (bicyclic) bond motifs is 1. The number of hydrogen-bond acceptors (Lipinski definition) is 2. The van der Waals surface area contributed by atoms with E-state index in [4.69, 9.17) is 9.47 Å². The summed E-state index contributed by atoms with van der Waals surface area (Å²) in [6, 6.07) is 4.06. The van der Waals surface area contributed by atoms with Gasteiger partial charge in [0.05, 0.1) is 14.2 Å². The molecule has 2 atom stereocenters. The van der Waals surface area contributed by atoms with Gasteiger partial charge < -0.3 is 9.47 Å². The Labute approximate surface area is 102 Å². The van der Waals surface area contributed by atoms with E-state index in [9.17, 15) is 0 Å². The van der Waals surface area contributed by atoms with Crippen LogP contribution >= 0.6 is 0 Å². The van der Waals surface area contributed by atoms with Gasteiger partial charge in [-0.1, -0.05) is 11.6 Å². The van der Waals surface area contributed by atoms with Crippen LogP contribution in [0.4, 0.5) is 0 Å². The minimum Gasteiger partial charge on any atom is -0.496 e. The van der Waals surface area contributed by atoms with Crippen molar-refractivity contribution in [3.8, 4) is 11.5 Å². The van der Waals surface area contributed by atoms with Gasteiger partial charge in [-0.2, -0.15) is 0 Å². The highest BCUT2D eigenvalue weighted by Gasteiger charge is 2.36. The lowest BCUT2D eigenvalue weighted by Gasteiger charge is -2.38. The van der Waals surface area contributed by atoms with E-state index in [1.165, 1.54) is 29.5 Å². The zero-order chi connectivity index (χ0) is 12.0. The van der Waals surface area contributed by atoms with E-state index in [0.717, 1.165) is 11.5 Å². The maximum Gasteiger partial charge on any atom is 0.123 e. The second-order valence-corrected chi connectivity index (χ2v) is 4.94. The Morgan fingerprint density at radius 3 is 2.24 bits per heavy atom. The lowest BCUT2D eigenvalue weighted by molar-refractivity contribution is 0.376. The number of ether oxygens (including phenoxy) is 2. The third kappa shape index (κ3) is 1.40. The smallest absolute Gasteiger partial charge is 0.123 e. The standard InChI is InChI=1S/C15H18O2/c1-9-8-10-4-5-11(9)15-13(17-3)7-6-12(16-2)14(10)15/h6-8,10-11H,4-5H2,1-3H3/t10-,11-/m0/s1. The molecule has 0 fully saturated rings. The molecule has 2 heteroatoms. The normalized spacial score (nSPS) is 25.2. The van der Waals surface area contributed by atoms with E-state index >= 15 is 0 Å². The quantitative estimate of drug-likeness (QED) is 0.722. The molecule has 3 aliphatic rings. The summed E-state index contributed by atoms with van der Waals surface area (Å²) >= 11 is 0. The average Bonchev–Trinajstić information content (AvgIpc) is 2.37. The van der Waals surface area contributed by atoms with Gasteiger partial charge in [-0.25, -0.2) is 0 Å². The third-order valence-corrected chi connectivity index (χ3v) is 4.15. The van der Waals surface area contributed by atoms with Gasteiger partial charge in [-0.15, -0.1) is 0 Å². The van der Waals surface area contributed by atoms with E-state index in [1.54, 1.807) is 14.2 Å². The largest absolute Gasteiger partial charge is 0.496 e. The van der Waals surface area contributed by atoms with Crippen molar-refractivity contribution < 1.29 is 9.47 Å². The molecule has 1 aromatic carbocycles. The van der Waals surface area contributed by atoms with Crippen molar-refractivity contribution in [2.75, 3.05) is 14.2 Å². The minimum atomic E-state index is 0.514. The molecule has 0 unspecified atom stereocenters. The highest BCUT2D eigenvalue weighted by atomic mass is 16.5. The topological polar surface area (TPSA) is 18.5 Å². The van der Waals surface area contributed by atoms with Crippen LogP contribution in [-0.4, -0.2) is 14.2 Å². The molecule has 0 saturated heterocycles. The van der Waals surface area contributed by atoms with Crippen molar-refractivity contribution in [3.63, 3.8) is 0 Å². The van der Waals surface area contributed by atoms with Crippen LogP contribution in [0.5, 0.6) is 11.5 Å². The van der Waals surface area contributed by atoms with Gasteiger partial charge >= 0.3 is 0 Å². The molecule has 2 bridgehead atoms. The Hall–Kier alpha value is -1.44. The van der Waals surface area contributed by atoms with Crippen molar-refractivity contribution >= 4 is 0 Å². The molecule has 1 aromatic rings. The van der Waals surface area contributed by atoms with E-state index in [0.29, 0.717) is 11.8 Å². The molecule has 0 N–H and O–H groups in total. The predicted octanol–water partition coefficient (Wildman–Crippen LogP) is 3.62. The van der Waals surface area contributed by atoms with Crippen molar-refractivity contribution in [3.05, 3.63) is 34.9 Å². The second-order valence-electron chi connectivity index (χ2n) is 4.94. The summed E-state index contributed by atoms with van der Waals surface area (Å²) in [6.45, 7) is 2.23. The lowest BCUT2D eigenvalue weighted by atomic mass is 9.67. The predicted molar refractivity (Wildman–Crippen MR) is 68.0 cm³/mol. The molecule has 17 heavy (non-hydrogen) atoms. The van der Waals surface area contributed by atoms with Crippen LogP contribution in [0, 0.1) is 0 Å². The van der Waals surface area contributed by atoms with Crippen LogP contribution in [0.3, 0.4) is 0 Å². The molecule has 0 amide bonds. The van der Waals surface area contributed by atoms with Crippen molar-refractivity contribution in [2.24, 2.45) is 0 Å². The third-order valence-electron chi connectivity index (χ3n) is 4.15. The highest BCUT2D eigenvalue weighted by Crippen LogP contribution is 2.54. The Balaban J connectivity index is 2.25. The van der Waals surface area contributed by atoms with Crippen LogP contribution in [-0.2, 0) is 0 Å². The Morgan fingerprint density at radius 2 is 1.65 bits per heavy atom. The molecule has 90 valence electrons. The maximum atomic E-state index is 5.53. The van der Waals surface area contributed by atoms with Crippen LogP contribution in [0.25, 0.3) is 0 Å². The van der Waals surface area contributed by atoms with Crippen LogP contribution in [0.2, 0.25) is 0 Å². The first-order valence-corrected chi connectivity index (χ1v) is 6.19. The van der Waals surface area contributed by atoms with E-state index in [2.05, 4.69) is 13.0 Å². The van der Waals surface area contributed by atoms with Crippen molar-refractivity contribution in [1.82, 2.24) is 0 Å². The molecule has 0 radical (unpaired) electrons. The Kier molecular flexibility index (Phi) is 2.39. The monoisotopic (exact) mass is 230 g/mol. The number of methoxy groups -OCH3 is 2. The lowest BCUT2D eigenvalue weighted by Crippen LogP contribution is -2.21. The average molecular weight is 230 g/mol. The molecule has 0 spiro atoms. The summed E-state index contributed by atoms with van der Waals surface area (Å²) in [6.07, 6.45) is 4.88. The van der Waals surface area contributed by atoms with E-state index < -0.39 is 0 Å². The number of allylic oxidation sites excluding steroid dienone is 2. The van der Waals surface area contributed by atoms with Crippen molar-refractivity contribution in [1.29, 1.82) is 0 Å². The van der Waals surface area contributed by atoms with Gasteiger partial charge in [0.15, 0.2) is 0 Å². The van der Waals surface area contributed by atoms with Gasteiger partial charge in [0.25, 0.3) is 0 Å². The number of rotatable bonds is 2. The highest BCUT2D eigenvalue weighted by molar-refractivity contribution is 5.59. The molecule has 3 aliphatic carbocycles. The van der Waals surface area contributed by atoms with Gasteiger partial charge in [-0.05, 0) is 31.9 Å². The minimum absolute atomic E-state index is 0.514. The summed E-state index contributed by atoms with van der Waals surface area (Å²) < 4.78 is 11.0. The zero-order valence-corrected chi connectivity index (χ0v) is 10.6. The van der Waals surface area contributed by atoms with Gasteiger partial charge in [0.1, 0.15) is 11.5 Å². The van der Waals surface area contributed by atoms with Crippen molar-refractivity contribution in [2.45, 2.75) is 31.6 Å². The first kappa shape index (κ1) is 10.7. The Morgan fingerprint density at radius 1 is 1.00 bits per heavy atom. The molecule has 0 aliphatic heterocycles. The number of benzene rings is 1. The molecule has 0 saturated carbocycles. The van der Waals surface area contributed by atoms with Crippen LogP contribution < -0.4 is 9.47 Å². The zero-order valence-electron chi connectivity index (χ0n) is 10.6. The van der Waals surface area contributed by atoms with Crippen LogP contribution in [0.15, 0.2) is 23.8 Å². The summed E-state index contributed by atoms with van der Waals surface area (Å²) in [4.78, 5) is 0. The fourth-order valence-corrected chi connectivity index (χ4v) is 3.38. The van der Waals surface area contributed by atoms with Crippen LogP contribution in [0.1, 0.15) is 42.7 Å². The molecule has 4 rings (SSSR count). The number of hydrogen-bond donors (Lipinski definition) is 0. The summed E-state index contributed by atoms with van der Waals surface area (Å²) in [5, 5.41) is 0. The summed E-state index contributed by atoms with van der Waals surface area (Å²) in [7, 11) is 3.50. The molecule has 0 aromatic heterocycles. The summed E-state index contributed by atoms with van der Waals surface area (Å²) in [5.41, 5.74) is 4.21. The first-order chi connectivity index (χ1) is 8.26. The van der Waals surface area contributed by atoms with E-state index in [1.807, 2.05) is 12.1 Å². The van der Waals surface area contributed by atoms with Gasteiger partial charge in [0.2, 0.25) is 0 Å². The molecular formula is C15H18O2. The fourth-order valence-electron chi connectivity index (χ4n) is 3.38. The maximum absolute atomic E-state index is 5.53. The molecular weight excluding hydrogens is 212 g/mol. The fraction of sp³-hybridized carbons (Fsp3) is 0.467.